The van der Waals surface area contributed by atoms with Crippen LogP contribution in [-0.4, -0.2) is 57.0 Å². The molecule has 3 atom stereocenters. The van der Waals surface area contributed by atoms with E-state index in [0.29, 0.717) is 5.56 Å². The number of aromatic amines is 1. The average Bonchev–Trinajstić information content (AvgIpc) is 3.24. The van der Waals surface area contributed by atoms with Crippen LogP contribution in [0.1, 0.15) is 24.0 Å². The molecule has 3 amide bonds. The molecule has 190 valence electrons. The summed E-state index contributed by atoms with van der Waals surface area (Å²) in [7, 11) is 0. The van der Waals surface area contributed by atoms with E-state index >= 15 is 0 Å². The smallest absolute Gasteiger partial charge is 0.326 e. The molecular weight excluding hydrogens is 466 g/mol. The number of aromatic hydroxyl groups is 1. The molecule has 0 fully saturated rings. The first-order chi connectivity index (χ1) is 17.1. The molecule has 3 rings (SSSR count). The maximum absolute atomic E-state index is 12.9. The minimum Gasteiger partial charge on any atom is -0.508 e. The lowest BCUT2D eigenvalue weighted by molar-refractivity contribution is -0.142. The first-order valence-electron chi connectivity index (χ1n) is 11.3. The normalized spacial score (nSPS) is 13.5. The number of carboxylic acid groups (broad SMARTS) is 1. The number of carboxylic acids is 1. The number of fused-ring (bicyclic) bond motifs is 1. The maximum atomic E-state index is 12.9. The zero-order valence-electron chi connectivity index (χ0n) is 19.4. The summed E-state index contributed by atoms with van der Waals surface area (Å²) in [6.45, 7) is 0. The molecule has 3 unspecified atom stereocenters. The van der Waals surface area contributed by atoms with Crippen molar-refractivity contribution in [3.05, 3.63) is 65.9 Å². The number of nitrogens with two attached hydrogens (primary N) is 2. The molecule has 0 saturated carbocycles. The summed E-state index contributed by atoms with van der Waals surface area (Å²) in [6.07, 6.45) is 1.57. The Hall–Kier alpha value is -4.38. The molecule has 3 aromatic rings. The summed E-state index contributed by atoms with van der Waals surface area (Å²) in [5, 5.41) is 24.8. The summed E-state index contributed by atoms with van der Waals surface area (Å²) in [5.41, 5.74) is 13.6. The SMILES string of the molecule is NC(=O)CCC(NC(=O)C(N)Cc1c[nH]c2ccccc12)C(=O)NC(Cc1ccc(O)cc1)C(=O)O. The van der Waals surface area contributed by atoms with E-state index in [2.05, 4.69) is 15.6 Å². The number of hydrogen-bond donors (Lipinski definition) is 7. The second kappa shape index (κ2) is 11.8. The van der Waals surface area contributed by atoms with Crippen molar-refractivity contribution in [2.45, 2.75) is 43.8 Å². The summed E-state index contributed by atoms with van der Waals surface area (Å²) >= 11 is 0. The van der Waals surface area contributed by atoms with E-state index in [1.165, 1.54) is 24.3 Å². The molecule has 0 bridgehead atoms. The van der Waals surface area contributed by atoms with Gasteiger partial charge in [-0.1, -0.05) is 30.3 Å². The van der Waals surface area contributed by atoms with Crippen LogP contribution in [-0.2, 0) is 32.0 Å². The van der Waals surface area contributed by atoms with Crippen molar-refractivity contribution in [1.82, 2.24) is 15.6 Å². The van der Waals surface area contributed by atoms with E-state index < -0.39 is 41.8 Å². The molecule has 11 heteroatoms. The van der Waals surface area contributed by atoms with Gasteiger partial charge in [-0.2, -0.15) is 0 Å². The fraction of sp³-hybridized carbons (Fsp3) is 0.280. The standard InChI is InChI=1S/C25H29N5O6/c26-18(12-15-13-28-19-4-2-1-3-17(15)19)23(33)29-20(9-10-22(27)32)24(34)30-21(25(35)36)11-14-5-7-16(31)8-6-14/h1-8,13,18,20-21,28,31H,9-12,26H2,(H2,27,32)(H,29,33)(H,30,34)(H,35,36). The lowest BCUT2D eigenvalue weighted by atomic mass is 10.0. The number of carbonyl (C=O) groups excluding carboxylic acids is 3. The Morgan fingerprint density at radius 1 is 0.917 bits per heavy atom. The minimum atomic E-state index is -1.31. The van der Waals surface area contributed by atoms with E-state index in [-0.39, 0.29) is 31.4 Å². The number of aromatic nitrogens is 1. The zero-order valence-corrected chi connectivity index (χ0v) is 19.4. The first kappa shape index (κ1) is 26.2. The first-order valence-corrected chi connectivity index (χ1v) is 11.3. The molecule has 0 aliphatic heterocycles. The van der Waals surface area contributed by atoms with Crippen LogP contribution in [0.4, 0.5) is 0 Å². The van der Waals surface area contributed by atoms with Gasteiger partial charge in [0.25, 0.3) is 0 Å². The molecular formula is C25H29N5O6. The second-order valence-electron chi connectivity index (χ2n) is 8.51. The topological polar surface area (TPSA) is 201 Å². The van der Waals surface area contributed by atoms with Crippen molar-refractivity contribution in [2.75, 3.05) is 0 Å². The van der Waals surface area contributed by atoms with Crippen LogP contribution in [0.2, 0.25) is 0 Å². The number of amides is 3. The van der Waals surface area contributed by atoms with Gasteiger partial charge in [0.15, 0.2) is 0 Å². The highest BCUT2D eigenvalue weighted by Gasteiger charge is 2.28. The quantitative estimate of drug-likeness (QED) is 0.187. The molecule has 36 heavy (non-hydrogen) atoms. The molecule has 0 radical (unpaired) electrons. The van der Waals surface area contributed by atoms with Gasteiger partial charge in [-0.3, -0.25) is 14.4 Å². The maximum Gasteiger partial charge on any atom is 0.326 e. The van der Waals surface area contributed by atoms with Crippen molar-refractivity contribution in [3.8, 4) is 5.75 Å². The van der Waals surface area contributed by atoms with Gasteiger partial charge < -0.3 is 37.3 Å². The van der Waals surface area contributed by atoms with Gasteiger partial charge in [0, 0.05) is 29.9 Å². The van der Waals surface area contributed by atoms with Crippen LogP contribution in [0.3, 0.4) is 0 Å². The molecule has 0 aliphatic rings. The number of para-hydroxylation sites is 1. The Morgan fingerprint density at radius 2 is 1.58 bits per heavy atom. The monoisotopic (exact) mass is 495 g/mol. The Balaban J connectivity index is 1.68. The number of benzene rings is 2. The Morgan fingerprint density at radius 3 is 2.25 bits per heavy atom. The number of H-pyrrole nitrogens is 1. The van der Waals surface area contributed by atoms with Gasteiger partial charge in [-0.15, -0.1) is 0 Å². The summed E-state index contributed by atoms with van der Waals surface area (Å²) in [6, 6.07) is 9.88. The Bertz CT molecular complexity index is 1240. The molecule has 2 aromatic carbocycles. The van der Waals surface area contributed by atoms with Crippen LogP contribution < -0.4 is 22.1 Å². The van der Waals surface area contributed by atoms with Crippen LogP contribution in [0.25, 0.3) is 10.9 Å². The molecule has 1 heterocycles. The second-order valence-corrected chi connectivity index (χ2v) is 8.51. The van der Waals surface area contributed by atoms with E-state index in [1.54, 1.807) is 6.20 Å². The molecule has 9 N–H and O–H groups in total. The third-order valence-corrected chi connectivity index (χ3v) is 5.75. The third-order valence-electron chi connectivity index (χ3n) is 5.75. The van der Waals surface area contributed by atoms with Gasteiger partial charge in [0.1, 0.15) is 17.8 Å². The van der Waals surface area contributed by atoms with Crippen molar-refractivity contribution >= 4 is 34.6 Å². The van der Waals surface area contributed by atoms with Crippen molar-refractivity contribution in [3.63, 3.8) is 0 Å². The number of nitrogens with one attached hydrogen (secondary N) is 3. The van der Waals surface area contributed by atoms with Crippen LogP contribution in [0.15, 0.2) is 54.7 Å². The molecule has 0 spiro atoms. The molecule has 0 aliphatic carbocycles. The van der Waals surface area contributed by atoms with E-state index in [1.807, 2.05) is 24.3 Å². The van der Waals surface area contributed by atoms with Crippen LogP contribution in [0.5, 0.6) is 5.75 Å². The van der Waals surface area contributed by atoms with Crippen molar-refractivity contribution < 1.29 is 29.4 Å². The van der Waals surface area contributed by atoms with Crippen LogP contribution >= 0.6 is 0 Å². The Labute approximate surface area is 206 Å². The highest BCUT2D eigenvalue weighted by molar-refractivity contribution is 5.92. The average molecular weight is 496 g/mol. The molecule has 0 saturated heterocycles. The summed E-state index contributed by atoms with van der Waals surface area (Å²) in [4.78, 5) is 51.9. The molecule has 11 nitrogen and oxygen atoms in total. The summed E-state index contributed by atoms with van der Waals surface area (Å²) in [5.74, 6) is -3.35. The van der Waals surface area contributed by atoms with E-state index in [0.717, 1.165) is 16.5 Å². The summed E-state index contributed by atoms with van der Waals surface area (Å²) < 4.78 is 0. The number of primary amides is 1. The van der Waals surface area contributed by atoms with E-state index in [4.69, 9.17) is 11.5 Å². The minimum absolute atomic E-state index is 0.0212. The van der Waals surface area contributed by atoms with Gasteiger partial charge in [-0.25, -0.2) is 4.79 Å². The number of rotatable bonds is 12. The number of phenols is 1. The number of aliphatic carboxylic acids is 1. The number of phenolic OH excluding ortho intramolecular Hbond substituents is 1. The van der Waals surface area contributed by atoms with Crippen LogP contribution in [0, 0.1) is 0 Å². The third kappa shape index (κ3) is 7.06. The fourth-order valence-corrected chi connectivity index (χ4v) is 3.80. The zero-order chi connectivity index (χ0) is 26.2. The van der Waals surface area contributed by atoms with Crippen molar-refractivity contribution in [1.29, 1.82) is 0 Å². The lowest BCUT2D eigenvalue weighted by Gasteiger charge is -2.23. The Kier molecular flexibility index (Phi) is 8.63. The highest BCUT2D eigenvalue weighted by atomic mass is 16.4. The van der Waals surface area contributed by atoms with Gasteiger partial charge in [0.2, 0.25) is 17.7 Å². The number of hydrogen-bond acceptors (Lipinski definition) is 6. The van der Waals surface area contributed by atoms with Gasteiger partial charge in [0.05, 0.1) is 6.04 Å². The lowest BCUT2D eigenvalue weighted by Crippen LogP contribution is -2.55. The molecule has 1 aromatic heterocycles. The largest absolute Gasteiger partial charge is 0.508 e. The van der Waals surface area contributed by atoms with Gasteiger partial charge in [-0.05, 0) is 42.2 Å². The fourth-order valence-electron chi connectivity index (χ4n) is 3.80. The van der Waals surface area contributed by atoms with Crippen molar-refractivity contribution in [2.24, 2.45) is 11.5 Å². The predicted molar refractivity (Wildman–Crippen MR) is 132 cm³/mol. The number of carbonyl (C=O) groups is 4. The highest BCUT2D eigenvalue weighted by Crippen LogP contribution is 2.19. The van der Waals surface area contributed by atoms with E-state index in [9.17, 15) is 29.4 Å². The van der Waals surface area contributed by atoms with Gasteiger partial charge >= 0.3 is 5.97 Å². The predicted octanol–water partition coefficient (Wildman–Crippen LogP) is 0.306.